The van der Waals surface area contributed by atoms with Crippen LogP contribution in [-0.4, -0.2) is 30.8 Å². The third-order valence-electron chi connectivity index (χ3n) is 2.14. The van der Waals surface area contributed by atoms with Gasteiger partial charge >= 0.3 is 0 Å². The summed E-state index contributed by atoms with van der Waals surface area (Å²) < 4.78 is 25.9. The van der Waals surface area contributed by atoms with Crippen molar-refractivity contribution in [3.05, 3.63) is 16.5 Å². The Morgan fingerprint density at radius 2 is 2.19 bits per heavy atom. The second-order valence-electron chi connectivity index (χ2n) is 3.16. The van der Waals surface area contributed by atoms with Gasteiger partial charge in [0.05, 0.1) is 15.4 Å². The van der Waals surface area contributed by atoms with Crippen LogP contribution in [0.25, 0.3) is 0 Å². The first-order valence-corrected chi connectivity index (χ1v) is 7.33. The van der Waals surface area contributed by atoms with E-state index in [-0.39, 0.29) is 9.20 Å². The highest BCUT2D eigenvalue weighted by Crippen LogP contribution is 2.28. The van der Waals surface area contributed by atoms with E-state index in [2.05, 4.69) is 0 Å². The normalized spacial score (nSPS) is 14.0. The van der Waals surface area contributed by atoms with E-state index in [1.165, 1.54) is 13.1 Å². The van der Waals surface area contributed by atoms with E-state index >= 15 is 0 Å². The Morgan fingerprint density at radius 1 is 1.62 bits per heavy atom. The van der Waals surface area contributed by atoms with E-state index in [1.807, 2.05) is 0 Å². The summed E-state index contributed by atoms with van der Waals surface area (Å²) in [5, 5.41) is 0. The van der Waals surface area contributed by atoms with E-state index in [1.54, 1.807) is 13.0 Å². The highest BCUT2D eigenvalue weighted by molar-refractivity contribution is 7.91. The molecule has 0 aliphatic carbocycles. The summed E-state index contributed by atoms with van der Waals surface area (Å²) in [7, 11) is -2.13. The second kappa shape index (κ2) is 4.97. The van der Waals surface area contributed by atoms with Crippen LogP contribution >= 0.6 is 35.2 Å². The largest absolute Gasteiger partial charge is 0.392 e. The molecule has 1 unspecified atom stereocenters. The molecule has 8 heteroatoms. The number of hydrogen-bond acceptors (Lipinski definition) is 4. The van der Waals surface area contributed by atoms with Gasteiger partial charge in [-0.3, -0.25) is 0 Å². The summed E-state index contributed by atoms with van der Waals surface area (Å²) in [6.07, 6.45) is 0. The van der Waals surface area contributed by atoms with Gasteiger partial charge in [0.2, 0.25) is 0 Å². The molecule has 1 aromatic heterocycles. The summed E-state index contributed by atoms with van der Waals surface area (Å²) in [5.41, 5.74) is 5.42. The quantitative estimate of drug-likeness (QED) is 0.859. The van der Waals surface area contributed by atoms with Gasteiger partial charge in [0, 0.05) is 7.05 Å². The third kappa shape index (κ3) is 2.72. The Bertz CT molecular complexity index is 497. The molecule has 0 radical (unpaired) electrons. The lowest BCUT2D eigenvalue weighted by Gasteiger charge is -2.22. The Morgan fingerprint density at radius 3 is 2.56 bits per heavy atom. The fraction of sp³-hybridized carbons (Fsp3) is 0.375. The Kier molecular flexibility index (Phi) is 4.30. The van der Waals surface area contributed by atoms with Crippen LogP contribution in [0.1, 0.15) is 6.92 Å². The van der Waals surface area contributed by atoms with Gasteiger partial charge in [0.1, 0.15) is 4.21 Å². The Hall–Kier alpha value is -0.210. The summed E-state index contributed by atoms with van der Waals surface area (Å²) in [6.45, 7) is 1.63. The molecule has 1 heterocycles. The molecule has 0 aromatic carbocycles. The molecule has 0 aliphatic heterocycles. The highest BCUT2D eigenvalue weighted by Gasteiger charge is 2.27. The zero-order valence-electron chi connectivity index (χ0n) is 8.68. The number of hydrogen-bond donors (Lipinski definition) is 1. The van der Waals surface area contributed by atoms with Gasteiger partial charge in [-0.05, 0) is 19.1 Å². The minimum absolute atomic E-state index is 0.133. The van der Waals surface area contributed by atoms with E-state index in [4.69, 9.17) is 29.6 Å². The molecule has 2 N–H and O–H groups in total. The lowest BCUT2D eigenvalue weighted by molar-refractivity contribution is 0.453. The van der Waals surface area contributed by atoms with Crippen molar-refractivity contribution in [3.63, 3.8) is 0 Å². The van der Waals surface area contributed by atoms with Crippen molar-refractivity contribution in [2.75, 3.05) is 7.05 Å². The summed E-state index contributed by atoms with van der Waals surface area (Å²) >= 11 is 11.5. The molecular weight excluding hydrogens is 288 g/mol. The smallest absolute Gasteiger partial charge is 0.252 e. The van der Waals surface area contributed by atoms with Crippen LogP contribution < -0.4 is 5.73 Å². The predicted molar refractivity (Wildman–Crippen MR) is 70.5 cm³/mol. The Labute approximate surface area is 109 Å². The number of likely N-dealkylation sites (N-methyl/N-ethyl adjacent to an activating group) is 1. The minimum Gasteiger partial charge on any atom is -0.392 e. The van der Waals surface area contributed by atoms with Gasteiger partial charge in [-0.1, -0.05) is 23.8 Å². The van der Waals surface area contributed by atoms with Crippen LogP contribution in [0.4, 0.5) is 0 Å². The molecule has 0 fully saturated rings. The van der Waals surface area contributed by atoms with Gasteiger partial charge in [0.15, 0.2) is 0 Å². The molecule has 0 amide bonds. The number of rotatable bonds is 4. The van der Waals surface area contributed by atoms with Crippen molar-refractivity contribution in [1.29, 1.82) is 0 Å². The SMILES string of the molecule is CC(C(N)=S)N(C)S(=O)(=O)c1ccc(Cl)s1. The van der Waals surface area contributed by atoms with Crippen molar-refractivity contribution < 1.29 is 8.42 Å². The summed E-state index contributed by atoms with van der Waals surface area (Å²) in [4.78, 5) is 0.133. The van der Waals surface area contributed by atoms with Crippen molar-refractivity contribution in [2.45, 2.75) is 17.2 Å². The van der Waals surface area contributed by atoms with Crippen LogP contribution in [-0.2, 0) is 10.0 Å². The van der Waals surface area contributed by atoms with E-state index < -0.39 is 16.1 Å². The molecule has 1 atom stereocenters. The fourth-order valence-electron chi connectivity index (χ4n) is 0.966. The average molecular weight is 299 g/mol. The predicted octanol–water partition coefficient (Wildman–Crippen LogP) is 1.70. The standard InChI is InChI=1S/C8H11ClN2O2S3/c1-5(8(10)14)11(2)16(12,13)7-4-3-6(9)15-7/h3-5H,1-2H3,(H2,10,14). The number of halogens is 1. The zero-order chi connectivity index (χ0) is 12.5. The van der Waals surface area contributed by atoms with Gasteiger partial charge in [-0.2, -0.15) is 4.31 Å². The van der Waals surface area contributed by atoms with Gasteiger partial charge < -0.3 is 5.73 Å². The number of sulfonamides is 1. The van der Waals surface area contributed by atoms with Crippen molar-refractivity contribution >= 4 is 50.2 Å². The van der Waals surface area contributed by atoms with E-state index in [9.17, 15) is 8.42 Å². The maximum absolute atomic E-state index is 12.1. The van der Waals surface area contributed by atoms with Crippen LogP contribution in [0.15, 0.2) is 16.3 Å². The molecular formula is C8H11ClN2O2S3. The monoisotopic (exact) mass is 298 g/mol. The van der Waals surface area contributed by atoms with Crippen molar-refractivity contribution in [3.8, 4) is 0 Å². The molecule has 0 aliphatic rings. The van der Waals surface area contributed by atoms with Crippen molar-refractivity contribution in [1.82, 2.24) is 4.31 Å². The van der Waals surface area contributed by atoms with Crippen LogP contribution in [0, 0.1) is 0 Å². The first kappa shape index (κ1) is 13.9. The number of thiophene rings is 1. The molecule has 0 saturated carbocycles. The number of nitrogens with zero attached hydrogens (tertiary/aromatic N) is 1. The molecule has 0 saturated heterocycles. The van der Waals surface area contributed by atoms with Gasteiger partial charge in [-0.15, -0.1) is 11.3 Å². The topological polar surface area (TPSA) is 63.4 Å². The second-order valence-corrected chi connectivity index (χ2v) is 7.57. The number of nitrogens with two attached hydrogens (primary N) is 1. The first-order valence-electron chi connectivity index (χ1n) is 4.29. The molecule has 1 aromatic rings. The molecule has 4 nitrogen and oxygen atoms in total. The van der Waals surface area contributed by atoms with Crippen LogP contribution in [0.3, 0.4) is 0 Å². The lowest BCUT2D eigenvalue weighted by atomic mass is 10.3. The van der Waals surface area contributed by atoms with E-state index in [0.29, 0.717) is 4.34 Å². The maximum Gasteiger partial charge on any atom is 0.252 e. The summed E-state index contributed by atoms with van der Waals surface area (Å²) in [6, 6.07) is 2.48. The van der Waals surface area contributed by atoms with Crippen LogP contribution in [0.2, 0.25) is 4.34 Å². The molecule has 0 bridgehead atoms. The average Bonchev–Trinajstić information content (AvgIpc) is 2.62. The lowest BCUT2D eigenvalue weighted by Crippen LogP contribution is -2.42. The number of thiocarbonyl (C=S) groups is 1. The zero-order valence-corrected chi connectivity index (χ0v) is 11.9. The van der Waals surface area contributed by atoms with Gasteiger partial charge in [0.25, 0.3) is 10.0 Å². The Balaban J connectivity index is 3.08. The maximum atomic E-state index is 12.1. The first-order chi connectivity index (χ1) is 7.26. The van der Waals surface area contributed by atoms with Gasteiger partial charge in [-0.25, -0.2) is 8.42 Å². The van der Waals surface area contributed by atoms with Crippen LogP contribution in [0.5, 0.6) is 0 Å². The van der Waals surface area contributed by atoms with Crippen molar-refractivity contribution in [2.24, 2.45) is 5.73 Å². The molecule has 16 heavy (non-hydrogen) atoms. The fourth-order valence-corrected chi connectivity index (χ4v) is 4.20. The summed E-state index contributed by atoms with van der Waals surface area (Å²) in [5.74, 6) is 0. The third-order valence-corrected chi connectivity index (χ3v) is 6.11. The highest BCUT2D eigenvalue weighted by atomic mass is 35.5. The molecule has 90 valence electrons. The minimum atomic E-state index is -3.56. The van der Waals surface area contributed by atoms with E-state index in [0.717, 1.165) is 15.6 Å². The molecule has 1 rings (SSSR count). The molecule has 0 spiro atoms.